The van der Waals surface area contributed by atoms with E-state index in [9.17, 15) is 9.36 Å². The number of hydrogen-bond acceptors (Lipinski definition) is 4. The molecule has 0 rings (SSSR count). The molecule has 0 heterocycles. The van der Waals surface area contributed by atoms with E-state index in [0.717, 1.165) is 30.6 Å². The number of carbonyl (C=O) groups is 1. The van der Waals surface area contributed by atoms with Gasteiger partial charge in [0.1, 0.15) is 0 Å². The van der Waals surface area contributed by atoms with Crippen LogP contribution in [-0.4, -0.2) is 19.3 Å². The van der Waals surface area contributed by atoms with Gasteiger partial charge in [-0.15, -0.1) is 0 Å². The van der Waals surface area contributed by atoms with Crippen molar-refractivity contribution in [1.82, 2.24) is 5.09 Å². The average molecular weight is 239 g/mol. The van der Waals surface area contributed by atoms with E-state index in [4.69, 9.17) is 4.52 Å². The molecule has 4 nitrogen and oxygen atoms in total. The van der Waals surface area contributed by atoms with E-state index in [0.29, 0.717) is 6.42 Å². The second-order valence-electron chi connectivity index (χ2n) is 2.85. The molecule has 0 aromatic heterocycles. The first-order valence-corrected chi connectivity index (χ1v) is 8.06. The van der Waals surface area contributed by atoms with Crippen LogP contribution >= 0.6 is 18.1 Å². The van der Waals surface area contributed by atoms with E-state index in [-0.39, 0.29) is 5.91 Å². The molecule has 1 atom stereocenters. The summed E-state index contributed by atoms with van der Waals surface area (Å²) >= 11 is 1.04. The molecule has 84 valence electrons. The van der Waals surface area contributed by atoms with Crippen LogP contribution in [0, 0.1) is 0 Å². The van der Waals surface area contributed by atoms with Gasteiger partial charge in [0.05, 0.1) is 0 Å². The van der Waals surface area contributed by atoms with Gasteiger partial charge in [0.25, 0.3) is 0 Å². The van der Waals surface area contributed by atoms with Crippen molar-refractivity contribution in [3.63, 3.8) is 0 Å². The summed E-state index contributed by atoms with van der Waals surface area (Å²) in [6.07, 6.45) is 4.99. The molecule has 0 aliphatic rings. The van der Waals surface area contributed by atoms with Crippen molar-refractivity contribution < 1.29 is 13.9 Å². The van der Waals surface area contributed by atoms with Crippen molar-refractivity contribution in [1.29, 1.82) is 0 Å². The minimum atomic E-state index is -2.97. The quantitative estimate of drug-likeness (QED) is 0.548. The Morgan fingerprint density at radius 1 is 1.50 bits per heavy atom. The minimum absolute atomic E-state index is 0.196. The molecule has 0 aliphatic heterocycles. The molecular weight excluding hydrogens is 221 g/mol. The van der Waals surface area contributed by atoms with Gasteiger partial charge in [-0.3, -0.25) is 14.4 Å². The minimum Gasteiger partial charge on any atom is -0.309 e. The van der Waals surface area contributed by atoms with E-state index < -0.39 is 6.72 Å². The highest BCUT2D eigenvalue weighted by molar-refractivity contribution is 8.55. The Morgan fingerprint density at radius 2 is 2.14 bits per heavy atom. The first kappa shape index (κ1) is 14.0. The van der Waals surface area contributed by atoms with Crippen LogP contribution in [-0.2, 0) is 13.9 Å². The fraction of sp³-hybridized carbons (Fsp3) is 0.875. The number of carbonyl (C=O) groups excluding carboxylic acids is 1. The molecule has 1 N–H and O–H groups in total. The molecule has 0 spiro atoms. The summed E-state index contributed by atoms with van der Waals surface area (Å²) < 4.78 is 16.4. The monoisotopic (exact) mass is 239 g/mol. The van der Waals surface area contributed by atoms with Crippen molar-refractivity contribution in [3.05, 3.63) is 0 Å². The summed E-state index contributed by atoms with van der Waals surface area (Å²) in [5.41, 5.74) is 0. The maximum Gasteiger partial charge on any atom is 0.352 e. The molecule has 1 amide bonds. The van der Waals surface area contributed by atoms with Crippen LogP contribution in [0.3, 0.4) is 0 Å². The lowest BCUT2D eigenvalue weighted by Crippen LogP contribution is -2.19. The molecule has 0 fully saturated rings. The van der Waals surface area contributed by atoms with Crippen LogP contribution in [0.25, 0.3) is 0 Å². The Morgan fingerprint density at radius 3 is 2.57 bits per heavy atom. The second-order valence-corrected chi connectivity index (χ2v) is 7.34. The molecular formula is C8H18NO3PS. The van der Waals surface area contributed by atoms with E-state index >= 15 is 0 Å². The predicted octanol–water partition coefficient (Wildman–Crippen LogP) is 2.80. The standard InChI is InChI=1S/C8H18NO3PS/c1-4-5-6-7-8(10)9-13(11,12-2)14-3/h4-7H2,1-3H3,(H,9,10,11). The fourth-order valence-electron chi connectivity index (χ4n) is 0.910. The zero-order chi connectivity index (χ0) is 11.0. The maximum atomic E-state index is 11.6. The van der Waals surface area contributed by atoms with E-state index in [1.54, 1.807) is 6.26 Å². The third-order valence-corrected chi connectivity index (χ3v) is 5.40. The first-order chi connectivity index (χ1) is 6.58. The smallest absolute Gasteiger partial charge is 0.309 e. The molecule has 0 aromatic rings. The molecule has 0 bridgehead atoms. The molecule has 0 aliphatic carbocycles. The number of rotatable bonds is 7. The molecule has 0 saturated heterocycles. The van der Waals surface area contributed by atoms with Crippen molar-refractivity contribution in [2.24, 2.45) is 0 Å². The number of amides is 1. The van der Waals surface area contributed by atoms with Crippen LogP contribution < -0.4 is 5.09 Å². The summed E-state index contributed by atoms with van der Waals surface area (Å²) in [6.45, 7) is -0.899. The lowest BCUT2D eigenvalue weighted by Gasteiger charge is -2.13. The zero-order valence-electron chi connectivity index (χ0n) is 8.91. The third-order valence-electron chi connectivity index (χ3n) is 1.75. The highest BCUT2D eigenvalue weighted by atomic mass is 32.7. The SMILES string of the molecule is CCCCCC(=O)NP(=O)(OC)SC. The van der Waals surface area contributed by atoms with Gasteiger partial charge in [-0.2, -0.15) is 0 Å². The van der Waals surface area contributed by atoms with E-state index in [1.807, 2.05) is 0 Å². The Hall–Kier alpha value is 0.01000. The number of nitrogens with one attached hydrogen (secondary N) is 1. The number of hydrogen-bond donors (Lipinski definition) is 1. The molecule has 0 aromatic carbocycles. The summed E-state index contributed by atoms with van der Waals surface area (Å²) in [5.74, 6) is -0.196. The van der Waals surface area contributed by atoms with E-state index in [2.05, 4.69) is 12.0 Å². The molecule has 0 saturated carbocycles. The fourth-order valence-corrected chi connectivity index (χ4v) is 2.69. The molecule has 14 heavy (non-hydrogen) atoms. The Labute approximate surface area is 89.4 Å². The third kappa shape index (κ3) is 5.68. The Balaban J connectivity index is 3.86. The largest absolute Gasteiger partial charge is 0.352 e. The van der Waals surface area contributed by atoms with Crippen molar-refractivity contribution in [3.8, 4) is 0 Å². The summed E-state index contributed by atoms with van der Waals surface area (Å²) in [5, 5.41) is 2.41. The normalized spacial score (nSPS) is 14.8. The second kappa shape index (κ2) is 7.32. The van der Waals surface area contributed by atoms with Gasteiger partial charge in [0.2, 0.25) is 5.91 Å². The van der Waals surface area contributed by atoms with Crippen LogP contribution in [0.4, 0.5) is 0 Å². The van der Waals surface area contributed by atoms with E-state index in [1.165, 1.54) is 7.11 Å². The summed E-state index contributed by atoms with van der Waals surface area (Å²) in [4.78, 5) is 11.3. The maximum absolute atomic E-state index is 11.6. The zero-order valence-corrected chi connectivity index (χ0v) is 10.6. The van der Waals surface area contributed by atoms with Gasteiger partial charge < -0.3 is 4.52 Å². The van der Waals surface area contributed by atoms with Crippen LogP contribution in [0.1, 0.15) is 32.6 Å². The Bertz CT molecular complexity index is 215. The van der Waals surface area contributed by atoms with Gasteiger partial charge in [-0.1, -0.05) is 31.1 Å². The van der Waals surface area contributed by atoms with Gasteiger partial charge in [-0.05, 0) is 12.7 Å². The molecule has 1 unspecified atom stereocenters. The summed E-state index contributed by atoms with van der Waals surface area (Å²) in [6, 6.07) is 0. The first-order valence-electron chi connectivity index (χ1n) is 4.60. The average Bonchev–Trinajstić information content (AvgIpc) is 2.18. The topological polar surface area (TPSA) is 55.4 Å². The highest BCUT2D eigenvalue weighted by Crippen LogP contribution is 2.53. The van der Waals surface area contributed by atoms with Gasteiger partial charge in [-0.25, -0.2) is 0 Å². The Kier molecular flexibility index (Phi) is 7.33. The summed E-state index contributed by atoms with van der Waals surface area (Å²) in [7, 11) is 1.34. The van der Waals surface area contributed by atoms with Crippen molar-refractivity contribution >= 4 is 24.0 Å². The molecule has 6 heteroatoms. The van der Waals surface area contributed by atoms with Gasteiger partial charge in [0, 0.05) is 13.5 Å². The number of unbranched alkanes of at least 4 members (excludes halogenated alkanes) is 2. The predicted molar refractivity (Wildman–Crippen MR) is 60.4 cm³/mol. The van der Waals surface area contributed by atoms with Gasteiger partial charge >= 0.3 is 6.72 Å². The van der Waals surface area contributed by atoms with Crippen LogP contribution in [0.5, 0.6) is 0 Å². The lowest BCUT2D eigenvalue weighted by molar-refractivity contribution is -0.119. The van der Waals surface area contributed by atoms with Crippen molar-refractivity contribution in [2.45, 2.75) is 32.6 Å². The van der Waals surface area contributed by atoms with Crippen LogP contribution in [0.15, 0.2) is 0 Å². The van der Waals surface area contributed by atoms with Crippen LogP contribution in [0.2, 0.25) is 0 Å². The molecule has 0 radical (unpaired) electrons. The lowest BCUT2D eigenvalue weighted by atomic mass is 10.2. The highest BCUT2D eigenvalue weighted by Gasteiger charge is 2.22. The van der Waals surface area contributed by atoms with Gasteiger partial charge in [0.15, 0.2) is 0 Å². The van der Waals surface area contributed by atoms with Crippen molar-refractivity contribution in [2.75, 3.05) is 13.4 Å².